The average molecular weight is 245 g/mol. The van der Waals surface area contributed by atoms with Gasteiger partial charge in [0.05, 0.1) is 6.04 Å². The number of alkyl halides is 1. The molecule has 2 heterocycles. The molecule has 0 bridgehead atoms. The highest BCUT2D eigenvalue weighted by atomic mass is 19.1. The Morgan fingerprint density at radius 2 is 2.33 bits per heavy atom. The van der Waals surface area contributed by atoms with Gasteiger partial charge in [0.25, 0.3) is 0 Å². The second kappa shape index (κ2) is 4.53. The number of aryl methyl sites for hydroxylation is 1. The Morgan fingerprint density at radius 1 is 1.44 bits per heavy atom. The number of halogens is 1. The number of nitrogens with one attached hydrogen (secondary N) is 1. The molecule has 0 radical (unpaired) electrons. The molecule has 1 aliphatic rings. The van der Waals surface area contributed by atoms with Crippen molar-refractivity contribution in [2.75, 3.05) is 6.54 Å². The third kappa shape index (κ3) is 1.93. The first-order chi connectivity index (χ1) is 8.75. The monoisotopic (exact) mass is 245 g/mol. The molecule has 1 aliphatic heterocycles. The predicted molar refractivity (Wildman–Crippen MR) is 68.6 cm³/mol. The van der Waals surface area contributed by atoms with Gasteiger partial charge in [0, 0.05) is 18.1 Å². The van der Waals surface area contributed by atoms with E-state index in [1.165, 1.54) is 5.56 Å². The molecule has 3 rings (SSSR count). The second-order valence-corrected chi connectivity index (χ2v) is 4.73. The van der Waals surface area contributed by atoms with Crippen LogP contribution in [0.4, 0.5) is 4.39 Å². The van der Waals surface area contributed by atoms with Gasteiger partial charge < -0.3 is 9.88 Å². The van der Waals surface area contributed by atoms with E-state index in [1.807, 2.05) is 35.9 Å². The molecule has 2 aromatic rings. The van der Waals surface area contributed by atoms with E-state index in [0.29, 0.717) is 13.0 Å². The van der Waals surface area contributed by atoms with Crippen molar-refractivity contribution in [3.63, 3.8) is 0 Å². The summed E-state index contributed by atoms with van der Waals surface area (Å²) in [5.41, 5.74) is 2.21. The SMILES string of the molecule is Cc1cccc(-n2ccnc2C2NCCC2F)c1. The fourth-order valence-electron chi connectivity index (χ4n) is 2.47. The van der Waals surface area contributed by atoms with Gasteiger partial charge in [-0.3, -0.25) is 0 Å². The van der Waals surface area contributed by atoms with Crippen molar-refractivity contribution in [3.05, 3.63) is 48.0 Å². The molecule has 2 unspecified atom stereocenters. The molecule has 94 valence electrons. The summed E-state index contributed by atoms with van der Waals surface area (Å²) in [6.45, 7) is 2.76. The zero-order valence-corrected chi connectivity index (χ0v) is 10.3. The van der Waals surface area contributed by atoms with Crippen molar-refractivity contribution in [1.29, 1.82) is 0 Å². The van der Waals surface area contributed by atoms with Gasteiger partial charge in [-0.1, -0.05) is 12.1 Å². The highest BCUT2D eigenvalue weighted by molar-refractivity contribution is 5.37. The van der Waals surface area contributed by atoms with Crippen LogP contribution < -0.4 is 5.32 Å². The van der Waals surface area contributed by atoms with Crippen LogP contribution in [-0.4, -0.2) is 22.3 Å². The van der Waals surface area contributed by atoms with E-state index in [4.69, 9.17) is 0 Å². The zero-order valence-electron chi connectivity index (χ0n) is 10.3. The molecular formula is C14H16FN3. The Bertz CT molecular complexity index is 549. The minimum absolute atomic E-state index is 0.291. The predicted octanol–water partition coefficient (Wildman–Crippen LogP) is 2.55. The largest absolute Gasteiger partial charge is 0.305 e. The highest BCUT2D eigenvalue weighted by Crippen LogP contribution is 2.27. The van der Waals surface area contributed by atoms with Crippen LogP contribution in [0, 0.1) is 6.92 Å². The molecule has 1 fully saturated rings. The van der Waals surface area contributed by atoms with Crippen molar-refractivity contribution < 1.29 is 4.39 Å². The Balaban J connectivity index is 2.01. The van der Waals surface area contributed by atoms with Crippen molar-refractivity contribution in [3.8, 4) is 5.69 Å². The van der Waals surface area contributed by atoms with E-state index in [2.05, 4.69) is 16.4 Å². The lowest BCUT2D eigenvalue weighted by Crippen LogP contribution is -2.22. The van der Waals surface area contributed by atoms with Crippen LogP contribution in [0.25, 0.3) is 5.69 Å². The van der Waals surface area contributed by atoms with Gasteiger partial charge >= 0.3 is 0 Å². The Hall–Kier alpha value is -1.68. The topological polar surface area (TPSA) is 29.9 Å². The number of rotatable bonds is 2. The molecule has 3 nitrogen and oxygen atoms in total. The first-order valence-corrected chi connectivity index (χ1v) is 6.23. The minimum Gasteiger partial charge on any atom is -0.305 e. The van der Waals surface area contributed by atoms with E-state index in [1.54, 1.807) is 6.20 Å². The van der Waals surface area contributed by atoms with Crippen LogP contribution in [-0.2, 0) is 0 Å². The van der Waals surface area contributed by atoms with E-state index >= 15 is 0 Å². The third-order valence-corrected chi connectivity index (χ3v) is 3.37. The number of nitrogens with zero attached hydrogens (tertiary/aromatic N) is 2. The fourth-order valence-corrected chi connectivity index (χ4v) is 2.47. The Morgan fingerprint density at radius 3 is 3.06 bits per heavy atom. The van der Waals surface area contributed by atoms with Gasteiger partial charge in [0.1, 0.15) is 12.0 Å². The zero-order chi connectivity index (χ0) is 12.5. The molecule has 1 aromatic carbocycles. The van der Waals surface area contributed by atoms with Crippen molar-refractivity contribution >= 4 is 0 Å². The van der Waals surface area contributed by atoms with Crippen LogP contribution in [0.15, 0.2) is 36.7 Å². The molecule has 0 amide bonds. The van der Waals surface area contributed by atoms with Crippen LogP contribution in [0.5, 0.6) is 0 Å². The molecular weight excluding hydrogens is 229 g/mol. The van der Waals surface area contributed by atoms with Gasteiger partial charge in [-0.05, 0) is 37.6 Å². The lowest BCUT2D eigenvalue weighted by atomic mass is 10.1. The van der Waals surface area contributed by atoms with E-state index in [9.17, 15) is 4.39 Å². The maximum atomic E-state index is 13.8. The second-order valence-electron chi connectivity index (χ2n) is 4.73. The first kappa shape index (κ1) is 11.4. The van der Waals surface area contributed by atoms with Crippen molar-refractivity contribution in [2.45, 2.75) is 25.6 Å². The maximum Gasteiger partial charge on any atom is 0.133 e. The third-order valence-electron chi connectivity index (χ3n) is 3.37. The molecule has 0 aliphatic carbocycles. The molecule has 0 saturated carbocycles. The van der Waals surface area contributed by atoms with E-state index in [0.717, 1.165) is 11.5 Å². The number of aromatic nitrogens is 2. The minimum atomic E-state index is -0.851. The molecule has 18 heavy (non-hydrogen) atoms. The number of hydrogen-bond acceptors (Lipinski definition) is 2. The van der Waals surface area contributed by atoms with E-state index < -0.39 is 6.17 Å². The van der Waals surface area contributed by atoms with Crippen molar-refractivity contribution in [2.24, 2.45) is 0 Å². The lowest BCUT2D eigenvalue weighted by Gasteiger charge is -2.15. The molecule has 1 aromatic heterocycles. The van der Waals surface area contributed by atoms with Gasteiger partial charge in [-0.15, -0.1) is 0 Å². The highest BCUT2D eigenvalue weighted by Gasteiger charge is 2.31. The normalized spacial score (nSPS) is 23.4. The van der Waals surface area contributed by atoms with Crippen LogP contribution in [0.3, 0.4) is 0 Å². The smallest absolute Gasteiger partial charge is 0.133 e. The summed E-state index contributed by atoms with van der Waals surface area (Å²) in [5.74, 6) is 0.755. The van der Waals surface area contributed by atoms with Gasteiger partial charge in [0.2, 0.25) is 0 Å². The summed E-state index contributed by atoms with van der Waals surface area (Å²) in [5, 5.41) is 3.18. The van der Waals surface area contributed by atoms with Crippen molar-refractivity contribution in [1.82, 2.24) is 14.9 Å². The molecule has 1 N–H and O–H groups in total. The molecule has 2 atom stereocenters. The summed E-state index contributed by atoms with van der Waals surface area (Å²) in [6.07, 6.45) is 3.32. The molecule has 4 heteroatoms. The summed E-state index contributed by atoms with van der Waals surface area (Å²) in [6, 6.07) is 7.85. The molecule has 0 spiro atoms. The summed E-state index contributed by atoms with van der Waals surface area (Å²) >= 11 is 0. The van der Waals surface area contributed by atoms with Crippen LogP contribution in [0.2, 0.25) is 0 Å². The number of benzene rings is 1. The summed E-state index contributed by atoms with van der Waals surface area (Å²) < 4.78 is 15.8. The maximum absolute atomic E-state index is 13.8. The Labute approximate surface area is 106 Å². The van der Waals surface area contributed by atoms with Gasteiger partial charge in [0.15, 0.2) is 0 Å². The molecule has 1 saturated heterocycles. The number of hydrogen-bond donors (Lipinski definition) is 1. The lowest BCUT2D eigenvalue weighted by molar-refractivity contribution is 0.296. The van der Waals surface area contributed by atoms with Gasteiger partial charge in [-0.2, -0.15) is 0 Å². The van der Waals surface area contributed by atoms with Crippen LogP contribution in [0.1, 0.15) is 23.9 Å². The van der Waals surface area contributed by atoms with Crippen LogP contribution >= 0.6 is 0 Å². The summed E-state index contributed by atoms with van der Waals surface area (Å²) in [7, 11) is 0. The Kier molecular flexibility index (Phi) is 2.88. The van der Waals surface area contributed by atoms with E-state index in [-0.39, 0.29) is 6.04 Å². The standard InChI is InChI=1S/C14H16FN3/c1-10-3-2-4-11(9-10)18-8-7-17-14(18)13-12(15)5-6-16-13/h2-4,7-9,12-13,16H,5-6H2,1H3. The quantitative estimate of drug-likeness (QED) is 0.881. The van der Waals surface area contributed by atoms with Gasteiger partial charge in [-0.25, -0.2) is 9.37 Å². The summed E-state index contributed by atoms with van der Waals surface area (Å²) in [4.78, 5) is 4.32. The number of imidazole rings is 1. The first-order valence-electron chi connectivity index (χ1n) is 6.23. The average Bonchev–Trinajstić information content (AvgIpc) is 2.96. The fraction of sp³-hybridized carbons (Fsp3) is 0.357.